The lowest BCUT2D eigenvalue weighted by Gasteiger charge is -2.16. The maximum absolute atomic E-state index is 3.67. The van der Waals surface area contributed by atoms with Gasteiger partial charge in [-0.3, -0.25) is 0 Å². The fourth-order valence-electron chi connectivity index (χ4n) is 1.76. The van der Waals surface area contributed by atoms with Crippen LogP contribution in [-0.4, -0.2) is 6.54 Å². The van der Waals surface area contributed by atoms with Crippen molar-refractivity contribution in [2.75, 3.05) is 6.54 Å². The molecule has 1 nitrogen and oxygen atoms in total. The number of thiophene rings is 2. The van der Waals surface area contributed by atoms with Gasteiger partial charge in [0.15, 0.2) is 0 Å². The Kier molecular flexibility index (Phi) is 4.79. The second-order valence-corrected chi connectivity index (χ2v) is 7.09. The van der Waals surface area contributed by atoms with Gasteiger partial charge in [-0.25, -0.2) is 0 Å². The predicted molar refractivity (Wildman–Crippen MR) is 81.2 cm³/mol. The molecule has 1 N–H and O–H groups in total. The molecule has 0 saturated carbocycles. The molecule has 92 valence electrons. The van der Waals surface area contributed by atoms with Crippen LogP contribution in [-0.2, 0) is 0 Å². The van der Waals surface area contributed by atoms with E-state index in [1.165, 1.54) is 19.1 Å². The molecule has 0 aliphatic carbocycles. The van der Waals surface area contributed by atoms with E-state index >= 15 is 0 Å². The van der Waals surface area contributed by atoms with Crippen LogP contribution in [0.4, 0.5) is 0 Å². The van der Waals surface area contributed by atoms with Crippen molar-refractivity contribution in [1.29, 1.82) is 0 Å². The third-order valence-corrected chi connectivity index (χ3v) is 5.50. The van der Waals surface area contributed by atoms with Crippen molar-refractivity contribution in [3.8, 4) is 0 Å². The molecule has 2 aromatic rings. The summed E-state index contributed by atoms with van der Waals surface area (Å²) in [5.74, 6) is 0. The summed E-state index contributed by atoms with van der Waals surface area (Å²) < 4.78 is 1.22. The first kappa shape index (κ1) is 13.3. The van der Waals surface area contributed by atoms with Gasteiger partial charge >= 0.3 is 0 Å². The van der Waals surface area contributed by atoms with Crippen LogP contribution in [0.2, 0.25) is 0 Å². The van der Waals surface area contributed by atoms with E-state index < -0.39 is 0 Å². The zero-order valence-corrected chi connectivity index (χ0v) is 13.2. The van der Waals surface area contributed by atoms with Gasteiger partial charge in [-0.2, -0.15) is 0 Å². The smallest absolute Gasteiger partial charge is 0.0776 e. The second kappa shape index (κ2) is 6.14. The molecule has 0 amide bonds. The van der Waals surface area contributed by atoms with E-state index in [4.69, 9.17) is 0 Å². The van der Waals surface area contributed by atoms with Gasteiger partial charge in [0.1, 0.15) is 0 Å². The first-order valence-corrected chi connectivity index (χ1v) is 8.24. The molecule has 1 unspecified atom stereocenters. The summed E-state index contributed by atoms with van der Waals surface area (Å²) in [5, 5.41) is 5.78. The molecule has 0 saturated heterocycles. The highest BCUT2D eigenvalue weighted by molar-refractivity contribution is 9.10. The van der Waals surface area contributed by atoms with Crippen LogP contribution >= 0.6 is 38.6 Å². The number of hydrogen-bond donors (Lipinski definition) is 1. The lowest BCUT2D eigenvalue weighted by molar-refractivity contribution is 0.612. The molecular formula is C13H16BrNS2. The number of aryl methyl sites for hydroxylation is 1. The zero-order valence-electron chi connectivity index (χ0n) is 10.00. The summed E-state index contributed by atoms with van der Waals surface area (Å²) in [6, 6.07) is 6.87. The Morgan fingerprint density at radius 3 is 2.82 bits per heavy atom. The summed E-state index contributed by atoms with van der Waals surface area (Å²) in [6.07, 6.45) is 1.16. The number of halogens is 1. The van der Waals surface area contributed by atoms with Crippen LogP contribution < -0.4 is 5.32 Å². The van der Waals surface area contributed by atoms with Crippen LogP contribution in [0.1, 0.15) is 34.0 Å². The molecule has 4 heteroatoms. The van der Waals surface area contributed by atoms with E-state index in [-0.39, 0.29) is 0 Å². The highest BCUT2D eigenvalue weighted by Crippen LogP contribution is 2.36. The average Bonchev–Trinajstić information content (AvgIpc) is 2.90. The summed E-state index contributed by atoms with van der Waals surface area (Å²) in [6.45, 7) is 5.41. The van der Waals surface area contributed by atoms with Gasteiger partial charge in [-0.15, -0.1) is 22.7 Å². The van der Waals surface area contributed by atoms with Crippen LogP contribution in [0.15, 0.2) is 28.1 Å². The van der Waals surface area contributed by atoms with Gasteiger partial charge in [0, 0.05) is 19.1 Å². The van der Waals surface area contributed by atoms with Gasteiger partial charge in [0.05, 0.1) is 6.04 Å². The SMILES string of the molecule is CCCNC(c1cccs1)c1sc(C)cc1Br. The van der Waals surface area contributed by atoms with Gasteiger partial charge in [-0.1, -0.05) is 13.0 Å². The lowest BCUT2D eigenvalue weighted by atomic mass is 10.2. The first-order chi connectivity index (χ1) is 8.22. The highest BCUT2D eigenvalue weighted by atomic mass is 79.9. The standard InChI is InChI=1S/C13H16BrNS2/c1-3-6-15-12(11-5-4-7-16-11)13-10(14)8-9(2)17-13/h4-5,7-8,12,15H,3,6H2,1-2H3. The monoisotopic (exact) mass is 329 g/mol. The molecular weight excluding hydrogens is 314 g/mol. The Morgan fingerprint density at radius 2 is 2.29 bits per heavy atom. The Hall–Kier alpha value is -0.160. The van der Waals surface area contributed by atoms with Crippen LogP contribution in [0.5, 0.6) is 0 Å². The molecule has 17 heavy (non-hydrogen) atoms. The second-order valence-electron chi connectivity index (χ2n) is 3.97. The molecule has 2 aromatic heterocycles. The van der Waals surface area contributed by atoms with E-state index in [0.29, 0.717) is 6.04 Å². The summed E-state index contributed by atoms with van der Waals surface area (Å²) in [4.78, 5) is 4.13. The fraction of sp³-hybridized carbons (Fsp3) is 0.385. The van der Waals surface area contributed by atoms with Crippen LogP contribution in [0.3, 0.4) is 0 Å². The first-order valence-electron chi connectivity index (χ1n) is 5.75. The Bertz CT molecular complexity index is 462. The molecule has 0 aromatic carbocycles. The van der Waals surface area contributed by atoms with Gasteiger partial charge < -0.3 is 5.32 Å². The highest BCUT2D eigenvalue weighted by Gasteiger charge is 2.19. The molecule has 0 bridgehead atoms. The topological polar surface area (TPSA) is 12.0 Å². The molecule has 0 aliphatic heterocycles. The predicted octanol–water partition coefficient (Wildman–Crippen LogP) is 4.97. The third kappa shape index (κ3) is 3.19. The number of nitrogens with one attached hydrogen (secondary N) is 1. The Balaban J connectivity index is 2.30. The van der Waals surface area contributed by atoms with Gasteiger partial charge in [-0.05, 0) is 53.3 Å². The maximum Gasteiger partial charge on any atom is 0.0776 e. The van der Waals surface area contributed by atoms with E-state index in [0.717, 1.165) is 13.0 Å². The summed E-state index contributed by atoms with van der Waals surface area (Å²) in [5.41, 5.74) is 0. The van der Waals surface area contributed by atoms with Crippen molar-refractivity contribution in [3.05, 3.63) is 42.7 Å². The Morgan fingerprint density at radius 1 is 1.47 bits per heavy atom. The van der Waals surface area contributed by atoms with Crippen molar-refractivity contribution < 1.29 is 0 Å². The van der Waals surface area contributed by atoms with Crippen molar-refractivity contribution in [2.24, 2.45) is 0 Å². The molecule has 0 fully saturated rings. The van der Waals surface area contributed by atoms with E-state index in [9.17, 15) is 0 Å². The van der Waals surface area contributed by atoms with Crippen molar-refractivity contribution >= 4 is 38.6 Å². The van der Waals surface area contributed by atoms with E-state index in [1.54, 1.807) is 0 Å². The molecule has 1 atom stereocenters. The average molecular weight is 330 g/mol. The number of hydrogen-bond acceptors (Lipinski definition) is 3. The largest absolute Gasteiger partial charge is 0.305 e. The van der Waals surface area contributed by atoms with Crippen molar-refractivity contribution in [2.45, 2.75) is 26.3 Å². The zero-order chi connectivity index (χ0) is 12.3. The summed E-state index contributed by atoms with van der Waals surface area (Å²) in [7, 11) is 0. The molecule has 0 aliphatic rings. The maximum atomic E-state index is 3.67. The van der Waals surface area contributed by atoms with E-state index in [1.807, 2.05) is 22.7 Å². The number of rotatable bonds is 5. The van der Waals surface area contributed by atoms with Gasteiger partial charge in [0.25, 0.3) is 0 Å². The van der Waals surface area contributed by atoms with Gasteiger partial charge in [0.2, 0.25) is 0 Å². The summed E-state index contributed by atoms with van der Waals surface area (Å²) >= 11 is 7.36. The third-order valence-electron chi connectivity index (χ3n) is 2.52. The lowest BCUT2D eigenvalue weighted by Crippen LogP contribution is -2.21. The molecule has 0 radical (unpaired) electrons. The minimum absolute atomic E-state index is 0.336. The van der Waals surface area contributed by atoms with Crippen molar-refractivity contribution in [1.82, 2.24) is 5.32 Å². The van der Waals surface area contributed by atoms with Crippen LogP contribution in [0.25, 0.3) is 0 Å². The molecule has 2 rings (SSSR count). The minimum Gasteiger partial charge on any atom is -0.305 e. The minimum atomic E-state index is 0.336. The quantitative estimate of drug-likeness (QED) is 0.816. The fourth-order valence-corrected chi connectivity index (χ4v) is 4.62. The molecule has 2 heterocycles. The van der Waals surface area contributed by atoms with E-state index in [2.05, 4.69) is 58.7 Å². The Labute approximate surface area is 119 Å². The van der Waals surface area contributed by atoms with Crippen LogP contribution in [0, 0.1) is 6.92 Å². The molecule has 0 spiro atoms. The van der Waals surface area contributed by atoms with Crippen molar-refractivity contribution in [3.63, 3.8) is 0 Å². The normalized spacial score (nSPS) is 12.9.